The van der Waals surface area contributed by atoms with Gasteiger partial charge in [-0.15, -0.1) is 12.6 Å². The molecule has 8 heteroatoms. The Bertz CT molecular complexity index is 755. The highest BCUT2D eigenvalue weighted by molar-refractivity contribution is 7.84. The number of allylic oxidation sites excluding steroid dienone is 1. The van der Waals surface area contributed by atoms with Crippen molar-refractivity contribution >= 4 is 35.8 Å². The van der Waals surface area contributed by atoms with Crippen LogP contribution < -0.4 is 0 Å². The van der Waals surface area contributed by atoms with Gasteiger partial charge in [-0.1, -0.05) is 26.3 Å². The van der Waals surface area contributed by atoms with Crippen LogP contribution in [0.1, 0.15) is 35.6 Å². The molecule has 2 aromatic heterocycles. The lowest BCUT2D eigenvalue weighted by molar-refractivity contribution is -0.138. The Morgan fingerprint density at radius 1 is 1.46 bits per heavy atom. The van der Waals surface area contributed by atoms with Crippen LogP contribution in [-0.2, 0) is 9.53 Å². The monoisotopic (exact) mass is 384 g/mol. The summed E-state index contributed by atoms with van der Waals surface area (Å²) in [5, 5.41) is 5.79. The normalized spacial score (nSPS) is 14.8. The van der Waals surface area contributed by atoms with Gasteiger partial charge in [0.2, 0.25) is 5.91 Å². The minimum absolute atomic E-state index is 0. The number of aromatic amines is 2. The number of carbonyl (C=O) groups excluding carboxylic acids is 1. The van der Waals surface area contributed by atoms with Crippen molar-refractivity contribution in [2.24, 2.45) is 0 Å². The number of aromatic nitrogens is 3. The van der Waals surface area contributed by atoms with Crippen molar-refractivity contribution in [1.29, 1.82) is 0 Å². The highest BCUT2D eigenvalue weighted by atomic mass is 32.1. The first kappa shape index (κ1) is 22.0. The topological polar surface area (TPSA) is 106 Å². The van der Waals surface area contributed by atoms with Crippen molar-refractivity contribution < 1.29 is 17.9 Å². The van der Waals surface area contributed by atoms with E-state index in [1.165, 1.54) is 6.42 Å². The third-order valence-electron chi connectivity index (χ3n) is 3.60. The molecule has 0 bridgehead atoms. The van der Waals surface area contributed by atoms with Crippen molar-refractivity contribution in [3.8, 4) is 0 Å². The van der Waals surface area contributed by atoms with E-state index in [-0.39, 0.29) is 20.3 Å². The van der Waals surface area contributed by atoms with Gasteiger partial charge in [-0.3, -0.25) is 15.0 Å². The maximum absolute atomic E-state index is 12.0. The van der Waals surface area contributed by atoms with E-state index in [1.807, 2.05) is 19.1 Å². The Morgan fingerprint density at radius 2 is 2.15 bits per heavy atom. The van der Waals surface area contributed by atoms with Crippen LogP contribution >= 0.6 is 12.6 Å². The molecule has 0 unspecified atom stereocenters. The molecule has 4 N–H and O–H groups in total. The summed E-state index contributed by atoms with van der Waals surface area (Å²) in [6, 6.07) is 1.94. The number of likely N-dealkylation sites (tertiary alicyclic amines) is 1. The minimum Gasteiger partial charge on any atom is -0.412 e. The van der Waals surface area contributed by atoms with Crippen LogP contribution in [0.3, 0.4) is 0 Å². The van der Waals surface area contributed by atoms with Gasteiger partial charge < -0.3 is 15.1 Å². The number of rotatable bonds is 5. The highest BCUT2D eigenvalue weighted by Crippen LogP contribution is 2.15. The molecule has 1 aliphatic rings. The van der Waals surface area contributed by atoms with E-state index in [0.717, 1.165) is 21.6 Å². The number of nitrogens with one attached hydrogen (secondary N) is 2. The molecule has 1 fully saturated rings. The number of thiol groups is 1. The van der Waals surface area contributed by atoms with Gasteiger partial charge in [0, 0.05) is 33.1 Å². The molecule has 7 nitrogen and oxygen atoms in total. The number of carbonyl (C=O) groups is 1. The number of ether oxygens (including phenoxy) is 1. The summed E-state index contributed by atoms with van der Waals surface area (Å²) >= 11 is 4.25. The number of amides is 1. The lowest BCUT2D eigenvalue weighted by Crippen LogP contribution is -2.54. The molecule has 0 spiro atoms. The summed E-state index contributed by atoms with van der Waals surface area (Å²) < 4.78 is 5.62. The van der Waals surface area contributed by atoms with E-state index in [2.05, 4.69) is 41.7 Å². The molecule has 26 heavy (non-hydrogen) atoms. The summed E-state index contributed by atoms with van der Waals surface area (Å²) in [6.45, 7) is 7.93. The Hall–Kier alpha value is -2.03. The molecule has 3 heterocycles. The van der Waals surface area contributed by atoms with Gasteiger partial charge in [0.05, 0.1) is 18.2 Å². The molecule has 0 saturated carbocycles. The maximum Gasteiger partial charge on any atom is 0.246 e. The molecule has 0 aliphatic carbocycles. The van der Waals surface area contributed by atoms with Gasteiger partial charge in [0.15, 0.2) is 5.65 Å². The van der Waals surface area contributed by atoms with Crippen LogP contribution in [0.5, 0.6) is 0 Å². The van der Waals surface area contributed by atoms with E-state index in [4.69, 9.17) is 4.74 Å². The molecule has 0 radical (unpaired) electrons. The van der Waals surface area contributed by atoms with E-state index in [9.17, 15) is 4.79 Å². The highest BCUT2D eigenvalue weighted by Gasteiger charge is 2.29. The zero-order valence-electron chi connectivity index (χ0n) is 15.5. The number of hydrogen-bond acceptors (Lipinski definition) is 4. The number of pyridine rings is 1. The molecular formula is C18H32N4O3S. The van der Waals surface area contributed by atoms with Crippen molar-refractivity contribution in [2.45, 2.75) is 33.3 Å². The summed E-state index contributed by atoms with van der Waals surface area (Å²) in [5.41, 5.74) is 2.66. The largest absolute Gasteiger partial charge is 0.412 e. The van der Waals surface area contributed by atoms with Gasteiger partial charge in [0.25, 0.3) is 0 Å². The summed E-state index contributed by atoms with van der Waals surface area (Å²) in [6.07, 6.45) is 8.33. The molecule has 1 aliphatic heterocycles. The SMILES string of the molecule is C/C=C(\S)COC1CN(C(=O)/C=C/c2cnc3[nH][nH]c3c2)C1.CCC.O.[HH].[HH]. The first-order valence-electron chi connectivity index (χ1n) is 8.52. The second kappa shape index (κ2) is 10.8. The summed E-state index contributed by atoms with van der Waals surface area (Å²) in [7, 11) is 0. The van der Waals surface area contributed by atoms with Crippen LogP contribution in [0.4, 0.5) is 0 Å². The van der Waals surface area contributed by atoms with E-state index in [0.29, 0.717) is 19.7 Å². The number of nitrogens with zero attached hydrogens (tertiary/aromatic N) is 2. The first-order valence-corrected chi connectivity index (χ1v) is 8.96. The average molecular weight is 385 g/mol. The van der Waals surface area contributed by atoms with Crippen molar-refractivity contribution in [1.82, 2.24) is 20.1 Å². The molecule has 0 atom stereocenters. The van der Waals surface area contributed by atoms with E-state index in [1.54, 1.807) is 23.2 Å². The van der Waals surface area contributed by atoms with Crippen LogP contribution in [0, 0.1) is 0 Å². The molecule has 1 saturated heterocycles. The van der Waals surface area contributed by atoms with Crippen LogP contribution in [0.15, 0.2) is 29.3 Å². The fourth-order valence-electron chi connectivity index (χ4n) is 2.11. The lowest BCUT2D eigenvalue weighted by Gasteiger charge is -2.38. The molecule has 2 aromatic rings. The number of hydrogen-bond donors (Lipinski definition) is 3. The summed E-state index contributed by atoms with van der Waals surface area (Å²) in [5.74, 6) is -0.00856. The van der Waals surface area contributed by atoms with E-state index < -0.39 is 0 Å². The zero-order chi connectivity index (χ0) is 18.2. The molecule has 148 valence electrons. The fraction of sp³-hybridized carbons (Fsp3) is 0.444. The van der Waals surface area contributed by atoms with Crippen LogP contribution in [0.2, 0.25) is 0 Å². The zero-order valence-corrected chi connectivity index (χ0v) is 16.3. The Balaban J connectivity index is 0. The Labute approximate surface area is 162 Å². The number of H-pyrrole nitrogens is 2. The van der Waals surface area contributed by atoms with Crippen molar-refractivity contribution in [2.75, 3.05) is 19.7 Å². The quantitative estimate of drug-likeness (QED) is 0.545. The average Bonchev–Trinajstić information content (AvgIpc) is 2.53. The summed E-state index contributed by atoms with van der Waals surface area (Å²) in [4.78, 5) is 18.9. The molecule has 3 rings (SSSR count). The predicted octanol–water partition coefficient (Wildman–Crippen LogP) is 3.05. The van der Waals surface area contributed by atoms with Crippen molar-refractivity contribution in [3.63, 3.8) is 0 Å². The number of fused-ring (bicyclic) bond motifs is 1. The lowest BCUT2D eigenvalue weighted by atomic mass is 10.1. The molecular weight excluding hydrogens is 352 g/mol. The predicted molar refractivity (Wildman–Crippen MR) is 112 cm³/mol. The van der Waals surface area contributed by atoms with E-state index >= 15 is 0 Å². The second-order valence-electron chi connectivity index (χ2n) is 5.91. The van der Waals surface area contributed by atoms with Gasteiger partial charge >= 0.3 is 0 Å². The minimum atomic E-state index is -0.00856. The van der Waals surface area contributed by atoms with Gasteiger partial charge in [0.1, 0.15) is 0 Å². The second-order valence-corrected chi connectivity index (χ2v) is 6.49. The van der Waals surface area contributed by atoms with Crippen molar-refractivity contribution in [3.05, 3.63) is 34.9 Å². The maximum atomic E-state index is 12.0. The molecule has 1 amide bonds. The fourth-order valence-corrected chi connectivity index (χ4v) is 2.19. The third kappa shape index (κ3) is 6.05. The Kier molecular flexibility index (Phi) is 9.18. The van der Waals surface area contributed by atoms with Crippen LogP contribution in [0.25, 0.3) is 17.2 Å². The first-order chi connectivity index (χ1) is 12.1. The Morgan fingerprint density at radius 3 is 2.69 bits per heavy atom. The van der Waals surface area contributed by atoms with Gasteiger partial charge in [-0.05, 0) is 24.6 Å². The molecule has 0 aromatic carbocycles. The van der Waals surface area contributed by atoms with Crippen LogP contribution in [-0.4, -0.2) is 57.3 Å². The standard InChI is InChI=1S/C15H18N4O2S.C3H8.H2O.2H2/c1-2-12(22)9-21-11-7-19(8-11)14(20)4-3-10-5-13-15(16-6-10)18-17-13;1-3-2;;;/h2-6,11,17,22H,7-9H2,1H3,(H,16,18);3H2,1-2H3;1H2;2*1H/b4-3+,12-2-;;;;. The smallest absolute Gasteiger partial charge is 0.246 e. The van der Waals surface area contributed by atoms with Gasteiger partial charge in [-0.2, -0.15) is 0 Å². The van der Waals surface area contributed by atoms with Gasteiger partial charge in [-0.25, -0.2) is 4.98 Å². The third-order valence-corrected chi connectivity index (χ3v) is 3.99.